The highest BCUT2D eigenvalue weighted by Crippen LogP contribution is 2.13. The molecule has 1 N–H and O–H groups in total. The molecule has 17 heavy (non-hydrogen) atoms. The van der Waals surface area contributed by atoms with Gasteiger partial charge in [-0.25, -0.2) is 0 Å². The maximum absolute atomic E-state index is 11.4. The fourth-order valence-corrected chi connectivity index (χ4v) is 1.55. The smallest absolute Gasteiger partial charge is 0.258 e. The fraction of sp³-hybridized carbons (Fsp3) is 0.500. The van der Waals surface area contributed by atoms with Crippen LogP contribution >= 0.6 is 0 Å². The summed E-state index contributed by atoms with van der Waals surface area (Å²) in [6.45, 7) is 6.08. The first-order chi connectivity index (χ1) is 8.11. The lowest BCUT2D eigenvalue weighted by Crippen LogP contribution is -2.34. The second kappa shape index (κ2) is 6.94. The first kappa shape index (κ1) is 13.6. The van der Waals surface area contributed by atoms with Crippen LogP contribution in [0.3, 0.4) is 0 Å². The number of rotatable bonds is 6. The first-order valence-electron chi connectivity index (χ1n) is 6.13. The largest absolute Gasteiger partial charge is 0.484 e. The van der Waals surface area contributed by atoms with E-state index >= 15 is 0 Å². The fourth-order valence-electron chi connectivity index (χ4n) is 1.55. The molecule has 0 spiro atoms. The van der Waals surface area contributed by atoms with E-state index in [1.807, 2.05) is 38.1 Å². The van der Waals surface area contributed by atoms with Gasteiger partial charge in [-0.15, -0.1) is 0 Å². The topological polar surface area (TPSA) is 38.3 Å². The highest BCUT2D eigenvalue weighted by molar-refractivity contribution is 5.77. The summed E-state index contributed by atoms with van der Waals surface area (Å²) in [5, 5.41) is 2.78. The van der Waals surface area contributed by atoms with Crippen LogP contribution in [0, 0.1) is 0 Å². The van der Waals surface area contributed by atoms with Gasteiger partial charge in [0.1, 0.15) is 5.75 Å². The molecule has 1 amide bonds. The molecule has 1 aromatic rings. The van der Waals surface area contributed by atoms with Crippen molar-refractivity contribution in [2.75, 3.05) is 6.61 Å². The Morgan fingerprint density at radius 2 is 1.94 bits per heavy atom. The maximum atomic E-state index is 11.4. The molecule has 0 unspecified atom stereocenters. The van der Waals surface area contributed by atoms with Crippen molar-refractivity contribution in [2.24, 2.45) is 0 Å². The number of carbonyl (C=O) groups excluding carboxylic acids is 1. The van der Waals surface area contributed by atoms with Crippen LogP contribution in [0.4, 0.5) is 0 Å². The molecule has 0 fully saturated rings. The predicted molar refractivity (Wildman–Crippen MR) is 69.2 cm³/mol. The van der Waals surface area contributed by atoms with Crippen LogP contribution in [0.1, 0.15) is 32.8 Å². The summed E-state index contributed by atoms with van der Waals surface area (Å²) in [5.74, 6) is 0.654. The number of amides is 1. The SMILES string of the molecule is CCCc1ccc(OCC(=O)NC(C)C)cc1. The normalized spacial score (nSPS) is 10.4. The van der Waals surface area contributed by atoms with Crippen LogP contribution in [0.2, 0.25) is 0 Å². The van der Waals surface area contributed by atoms with Crippen LogP contribution in [-0.4, -0.2) is 18.6 Å². The van der Waals surface area contributed by atoms with Crippen molar-refractivity contribution in [3.05, 3.63) is 29.8 Å². The van der Waals surface area contributed by atoms with E-state index in [4.69, 9.17) is 4.74 Å². The van der Waals surface area contributed by atoms with Gasteiger partial charge >= 0.3 is 0 Å². The van der Waals surface area contributed by atoms with Gasteiger partial charge in [0.15, 0.2) is 6.61 Å². The van der Waals surface area contributed by atoms with Crippen molar-refractivity contribution < 1.29 is 9.53 Å². The lowest BCUT2D eigenvalue weighted by Gasteiger charge is -2.10. The minimum absolute atomic E-state index is 0.0747. The molecule has 0 aliphatic heterocycles. The number of hydrogen-bond donors (Lipinski definition) is 1. The van der Waals surface area contributed by atoms with Crippen molar-refractivity contribution >= 4 is 5.91 Å². The molecule has 0 atom stereocenters. The number of carbonyl (C=O) groups is 1. The van der Waals surface area contributed by atoms with Crippen LogP contribution in [-0.2, 0) is 11.2 Å². The van der Waals surface area contributed by atoms with Crippen molar-refractivity contribution in [3.8, 4) is 5.75 Å². The number of aryl methyl sites for hydroxylation is 1. The number of hydrogen-bond acceptors (Lipinski definition) is 2. The molecule has 0 saturated carbocycles. The van der Waals surface area contributed by atoms with Gasteiger partial charge in [0.2, 0.25) is 0 Å². The molecule has 0 aliphatic carbocycles. The molecule has 0 heterocycles. The molecular weight excluding hydrogens is 214 g/mol. The molecule has 1 aromatic carbocycles. The monoisotopic (exact) mass is 235 g/mol. The molecule has 0 aliphatic rings. The van der Waals surface area contributed by atoms with E-state index in [2.05, 4.69) is 12.2 Å². The summed E-state index contributed by atoms with van der Waals surface area (Å²) in [5.41, 5.74) is 1.30. The van der Waals surface area contributed by atoms with E-state index in [0.717, 1.165) is 18.6 Å². The Bertz CT molecular complexity index is 344. The predicted octanol–water partition coefficient (Wildman–Crippen LogP) is 2.54. The Balaban J connectivity index is 2.39. The molecule has 94 valence electrons. The molecule has 0 saturated heterocycles. The summed E-state index contributed by atoms with van der Waals surface area (Å²) < 4.78 is 5.39. The van der Waals surface area contributed by atoms with E-state index in [-0.39, 0.29) is 18.6 Å². The van der Waals surface area contributed by atoms with Crippen molar-refractivity contribution in [2.45, 2.75) is 39.7 Å². The number of ether oxygens (including phenoxy) is 1. The van der Waals surface area contributed by atoms with Crippen LogP contribution in [0.25, 0.3) is 0 Å². The van der Waals surface area contributed by atoms with Gasteiger partial charge in [0.05, 0.1) is 0 Å². The lowest BCUT2D eigenvalue weighted by atomic mass is 10.1. The highest BCUT2D eigenvalue weighted by atomic mass is 16.5. The Labute approximate surface area is 103 Å². The Morgan fingerprint density at radius 3 is 2.47 bits per heavy atom. The van der Waals surface area contributed by atoms with Crippen LogP contribution in [0.15, 0.2) is 24.3 Å². The average Bonchev–Trinajstić information content (AvgIpc) is 2.28. The molecule has 3 heteroatoms. The maximum Gasteiger partial charge on any atom is 0.258 e. The minimum atomic E-state index is -0.0855. The quantitative estimate of drug-likeness (QED) is 0.823. The average molecular weight is 235 g/mol. The van der Waals surface area contributed by atoms with Gasteiger partial charge < -0.3 is 10.1 Å². The molecular formula is C14H21NO2. The minimum Gasteiger partial charge on any atom is -0.484 e. The molecule has 0 radical (unpaired) electrons. The zero-order valence-electron chi connectivity index (χ0n) is 10.8. The van der Waals surface area contributed by atoms with E-state index in [1.54, 1.807) is 0 Å². The Kier molecular flexibility index (Phi) is 5.53. The van der Waals surface area contributed by atoms with Crippen LogP contribution in [0.5, 0.6) is 5.75 Å². The Hall–Kier alpha value is -1.51. The summed E-state index contributed by atoms with van der Waals surface area (Å²) >= 11 is 0. The van der Waals surface area contributed by atoms with Gasteiger partial charge in [-0.1, -0.05) is 25.5 Å². The lowest BCUT2D eigenvalue weighted by molar-refractivity contribution is -0.123. The molecule has 0 aromatic heterocycles. The van der Waals surface area contributed by atoms with Crippen molar-refractivity contribution in [1.29, 1.82) is 0 Å². The van der Waals surface area contributed by atoms with Gasteiger partial charge in [0, 0.05) is 6.04 Å². The standard InChI is InChI=1S/C14H21NO2/c1-4-5-12-6-8-13(9-7-12)17-10-14(16)15-11(2)3/h6-9,11H,4-5,10H2,1-3H3,(H,15,16). The van der Waals surface area contributed by atoms with Crippen LogP contribution < -0.4 is 10.1 Å². The highest BCUT2D eigenvalue weighted by Gasteiger charge is 2.03. The third kappa shape index (κ3) is 5.38. The summed E-state index contributed by atoms with van der Waals surface area (Å²) in [7, 11) is 0. The second-order valence-corrected chi connectivity index (χ2v) is 4.40. The van der Waals surface area contributed by atoms with Gasteiger partial charge in [-0.3, -0.25) is 4.79 Å². The van der Waals surface area contributed by atoms with Gasteiger partial charge in [0.25, 0.3) is 5.91 Å². The van der Waals surface area contributed by atoms with Gasteiger partial charge in [-0.2, -0.15) is 0 Å². The molecule has 1 rings (SSSR count). The van der Waals surface area contributed by atoms with E-state index in [1.165, 1.54) is 5.56 Å². The van der Waals surface area contributed by atoms with Gasteiger partial charge in [-0.05, 0) is 38.0 Å². The summed E-state index contributed by atoms with van der Waals surface area (Å²) in [6.07, 6.45) is 2.21. The zero-order valence-corrected chi connectivity index (χ0v) is 10.8. The molecule has 0 bridgehead atoms. The van der Waals surface area contributed by atoms with Crippen molar-refractivity contribution in [1.82, 2.24) is 5.32 Å². The molecule has 3 nitrogen and oxygen atoms in total. The number of benzene rings is 1. The summed E-state index contributed by atoms with van der Waals surface area (Å²) in [6, 6.07) is 8.05. The summed E-state index contributed by atoms with van der Waals surface area (Å²) in [4.78, 5) is 11.4. The van der Waals surface area contributed by atoms with E-state index in [9.17, 15) is 4.79 Å². The second-order valence-electron chi connectivity index (χ2n) is 4.40. The third-order valence-electron chi connectivity index (χ3n) is 2.28. The van der Waals surface area contributed by atoms with Crippen molar-refractivity contribution in [3.63, 3.8) is 0 Å². The van der Waals surface area contributed by atoms with E-state index in [0.29, 0.717) is 0 Å². The number of nitrogens with one attached hydrogen (secondary N) is 1. The Morgan fingerprint density at radius 1 is 1.29 bits per heavy atom. The first-order valence-corrected chi connectivity index (χ1v) is 6.13. The van der Waals surface area contributed by atoms with E-state index < -0.39 is 0 Å². The zero-order chi connectivity index (χ0) is 12.7. The third-order valence-corrected chi connectivity index (χ3v) is 2.28.